The zero-order valence-electron chi connectivity index (χ0n) is 21.1. The number of carboxylic acid groups (broad SMARTS) is 1. The number of carboxylic acids is 1. The van der Waals surface area contributed by atoms with Gasteiger partial charge in [0.05, 0.1) is 27.7 Å². The summed E-state index contributed by atoms with van der Waals surface area (Å²) in [4.78, 5) is 17.1. The van der Waals surface area contributed by atoms with Gasteiger partial charge in [0, 0.05) is 11.5 Å². The number of rotatable bonds is 9. The van der Waals surface area contributed by atoms with Gasteiger partial charge in [-0.15, -0.1) is 0 Å². The number of para-hydroxylation sites is 1. The second-order valence-corrected chi connectivity index (χ2v) is 11.5. The number of carbonyl (C=O) groups is 1. The number of aryl methyl sites for hydroxylation is 1. The van der Waals surface area contributed by atoms with Gasteiger partial charge in [-0.05, 0) is 61.6 Å². The summed E-state index contributed by atoms with van der Waals surface area (Å²) in [6.45, 7) is 2.06. The highest BCUT2D eigenvalue weighted by Gasteiger charge is 2.34. The fourth-order valence-electron chi connectivity index (χ4n) is 5.13. The molecular formula is C30H30N2O5S. The highest BCUT2D eigenvalue weighted by Crippen LogP contribution is 2.41. The molecule has 0 aliphatic heterocycles. The number of aromatic nitrogens is 1. The summed E-state index contributed by atoms with van der Waals surface area (Å²) in [5, 5.41) is 11.2. The molecule has 1 saturated carbocycles. The summed E-state index contributed by atoms with van der Waals surface area (Å²) in [7, 11) is -3.95. The summed E-state index contributed by atoms with van der Waals surface area (Å²) in [6.07, 6.45) is 3.54. The van der Waals surface area contributed by atoms with E-state index in [0.717, 1.165) is 47.8 Å². The van der Waals surface area contributed by atoms with Gasteiger partial charge in [-0.2, -0.15) is 0 Å². The van der Waals surface area contributed by atoms with Crippen LogP contribution < -0.4 is 9.46 Å². The molecule has 1 unspecified atom stereocenters. The zero-order chi connectivity index (χ0) is 26.7. The maximum absolute atomic E-state index is 13.3. The molecule has 7 nitrogen and oxygen atoms in total. The third-order valence-electron chi connectivity index (χ3n) is 7.12. The van der Waals surface area contributed by atoms with Gasteiger partial charge in [-0.3, -0.25) is 9.52 Å². The molecule has 4 aromatic rings. The lowest BCUT2D eigenvalue weighted by Gasteiger charge is -2.23. The predicted molar refractivity (Wildman–Crippen MR) is 147 cm³/mol. The number of nitrogens with zero attached hydrogens (tertiary/aromatic N) is 1. The molecule has 1 heterocycles. The van der Waals surface area contributed by atoms with Crippen molar-refractivity contribution in [3.8, 4) is 5.75 Å². The number of pyridine rings is 1. The van der Waals surface area contributed by atoms with Crippen LogP contribution in [0.2, 0.25) is 0 Å². The van der Waals surface area contributed by atoms with Gasteiger partial charge in [-0.1, -0.05) is 60.9 Å². The van der Waals surface area contributed by atoms with Crippen molar-refractivity contribution in [2.24, 2.45) is 5.92 Å². The first-order chi connectivity index (χ1) is 18.3. The third kappa shape index (κ3) is 5.65. The van der Waals surface area contributed by atoms with Crippen LogP contribution in [-0.2, 0) is 21.4 Å². The van der Waals surface area contributed by atoms with Crippen LogP contribution in [0.4, 0.5) is 5.69 Å². The number of benzene rings is 3. The predicted octanol–water partition coefficient (Wildman–Crippen LogP) is 6.28. The van der Waals surface area contributed by atoms with Gasteiger partial charge in [0.1, 0.15) is 12.4 Å². The molecule has 2 N–H and O–H groups in total. The summed E-state index contributed by atoms with van der Waals surface area (Å²) in [6, 6.07) is 23.1. The number of anilines is 1. The zero-order valence-corrected chi connectivity index (χ0v) is 21.9. The first-order valence-corrected chi connectivity index (χ1v) is 14.2. The first kappa shape index (κ1) is 25.7. The largest absolute Gasteiger partial charge is 0.487 e. The monoisotopic (exact) mass is 530 g/mol. The third-order valence-corrected chi connectivity index (χ3v) is 8.50. The van der Waals surface area contributed by atoms with Gasteiger partial charge in [0.25, 0.3) is 10.0 Å². The Morgan fingerprint density at radius 1 is 1.03 bits per heavy atom. The second-order valence-electron chi connectivity index (χ2n) is 9.81. The lowest BCUT2D eigenvalue weighted by atomic mass is 9.84. The van der Waals surface area contributed by atoms with Crippen LogP contribution in [0.15, 0.2) is 83.8 Å². The Bertz CT molecular complexity index is 1560. The standard InChI is InChI=1S/C30H30N2O5S/c1-20-10-15-25(16-11-20)38(35,36)32-28-18-24(14-17-26(28)29(30(33)34)22-7-2-3-8-22)37-19-23-13-12-21-6-4-5-9-27(21)31-23/h4-6,9-18,22,29,32H,2-3,7-8,19H2,1H3,(H,33,34). The van der Waals surface area contributed by atoms with Crippen LogP contribution in [0.1, 0.15) is 48.4 Å². The van der Waals surface area contributed by atoms with Crippen molar-refractivity contribution in [2.75, 3.05) is 4.72 Å². The summed E-state index contributed by atoms with van der Waals surface area (Å²) >= 11 is 0. The second kappa shape index (κ2) is 10.8. The highest BCUT2D eigenvalue weighted by atomic mass is 32.2. The van der Waals surface area contributed by atoms with Crippen molar-refractivity contribution in [3.05, 3.63) is 95.7 Å². The molecule has 1 atom stereocenters. The molecule has 196 valence electrons. The van der Waals surface area contributed by atoms with Crippen LogP contribution in [-0.4, -0.2) is 24.5 Å². The van der Waals surface area contributed by atoms with Crippen molar-refractivity contribution in [1.82, 2.24) is 4.98 Å². The lowest BCUT2D eigenvalue weighted by molar-refractivity contribution is -0.140. The van der Waals surface area contributed by atoms with Gasteiger partial charge < -0.3 is 9.84 Å². The fraction of sp³-hybridized carbons (Fsp3) is 0.267. The maximum atomic E-state index is 13.3. The lowest BCUT2D eigenvalue weighted by Crippen LogP contribution is -2.22. The van der Waals surface area contributed by atoms with Crippen LogP contribution in [0.25, 0.3) is 10.9 Å². The van der Waals surface area contributed by atoms with E-state index in [2.05, 4.69) is 9.71 Å². The Hall–Kier alpha value is -3.91. The number of ether oxygens (including phenoxy) is 1. The summed E-state index contributed by atoms with van der Waals surface area (Å²) < 4.78 is 35.2. The minimum Gasteiger partial charge on any atom is -0.487 e. The number of hydrogen-bond acceptors (Lipinski definition) is 5. The van der Waals surface area contributed by atoms with E-state index in [0.29, 0.717) is 11.3 Å². The molecule has 0 amide bonds. The van der Waals surface area contributed by atoms with E-state index >= 15 is 0 Å². The topological polar surface area (TPSA) is 106 Å². The molecule has 0 spiro atoms. The number of fused-ring (bicyclic) bond motifs is 1. The van der Waals surface area contributed by atoms with E-state index in [4.69, 9.17) is 4.74 Å². The van der Waals surface area contributed by atoms with Gasteiger partial charge in [-0.25, -0.2) is 13.4 Å². The van der Waals surface area contributed by atoms with Crippen molar-refractivity contribution in [3.63, 3.8) is 0 Å². The number of nitrogens with one attached hydrogen (secondary N) is 1. The number of hydrogen-bond donors (Lipinski definition) is 2. The van der Waals surface area contributed by atoms with Crippen molar-refractivity contribution < 1.29 is 23.1 Å². The van der Waals surface area contributed by atoms with Gasteiger partial charge in [0.15, 0.2) is 0 Å². The molecule has 8 heteroatoms. The van der Waals surface area contributed by atoms with E-state index in [1.807, 2.05) is 43.3 Å². The SMILES string of the molecule is Cc1ccc(S(=O)(=O)Nc2cc(OCc3ccc4ccccc4n3)ccc2C(C(=O)O)C2CCCC2)cc1. The molecule has 0 radical (unpaired) electrons. The van der Waals surface area contributed by atoms with E-state index in [-0.39, 0.29) is 23.1 Å². The average molecular weight is 531 g/mol. The molecule has 1 aliphatic rings. The number of sulfonamides is 1. The van der Waals surface area contributed by atoms with E-state index in [9.17, 15) is 18.3 Å². The minimum absolute atomic E-state index is 0.0521. The molecule has 1 fully saturated rings. The Balaban J connectivity index is 1.47. The van der Waals surface area contributed by atoms with Crippen LogP contribution in [0, 0.1) is 12.8 Å². The van der Waals surface area contributed by atoms with E-state index in [1.165, 1.54) is 12.1 Å². The first-order valence-electron chi connectivity index (χ1n) is 12.7. The summed E-state index contributed by atoms with van der Waals surface area (Å²) in [5.41, 5.74) is 3.18. The smallest absolute Gasteiger partial charge is 0.311 e. The van der Waals surface area contributed by atoms with E-state index < -0.39 is 21.9 Å². The van der Waals surface area contributed by atoms with Gasteiger partial charge >= 0.3 is 5.97 Å². The fourth-order valence-corrected chi connectivity index (χ4v) is 6.21. The molecule has 0 saturated heterocycles. The maximum Gasteiger partial charge on any atom is 0.311 e. The summed E-state index contributed by atoms with van der Waals surface area (Å²) in [5.74, 6) is -1.41. The number of aliphatic carboxylic acids is 1. The Morgan fingerprint density at radius 3 is 2.50 bits per heavy atom. The molecule has 38 heavy (non-hydrogen) atoms. The minimum atomic E-state index is -3.95. The molecule has 1 aromatic heterocycles. The molecule has 3 aromatic carbocycles. The Kier molecular flexibility index (Phi) is 7.33. The highest BCUT2D eigenvalue weighted by molar-refractivity contribution is 7.92. The van der Waals surface area contributed by atoms with Crippen LogP contribution >= 0.6 is 0 Å². The Morgan fingerprint density at radius 2 is 1.76 bits per heavy atom. The molecule has 0 bridgehead atoms. The van der Waals surface area contributed by atoms with E-state index in [1.54, 1.807) is 30.3 Å². The molecular weight excluding hydrogens is 500 g/mol. The normalized spacial score (nSPS) is 14.9. The quantitative estimate of drug-likeness (QED) is 0.264. The van der Waals surface area contributed by atoms with Gasteiger partial charge in [0.2, 0.25) is 0 Å². The van der Waals surface area contributed by atoms with Crippen molar-refractivity contribution >= 4 is 32.6 Å². The average Bonchev–Trinajstić information content (AvgIpc) is 3.43. The van der Waals surface area contributed by atoms with Crippen molar-refractivity contribution in [1.29, 1.82) is 0 Å². The van der Waals surface area contributed by atoms with Crippen molar-refractivity contribution in [2.45, 2.75) is 50.0 Å². The van der Waals surface area contributed by atoms with Crippen LogP contribution in [0.3, 0.4) is 0 Å². The van der Waals surface area contributed by atoms with Crippen LogP contribution in [0.5, 0.6) is 5.75 Å². The molecule has 5 rings (SSSR count). The Labute approximate surface area is 222 Å². The molecule has 1 aliphatic carbocycles.